The maximum Gasteiger partial charge on any atom is 0.261 e. The van der Waals surface area contributed by atoms with Gasteiger partial charge >= 0.3 is 0 Å². The van der Waals surface area contributed by atoms with Gasteiger partial charge in [0.25, 0.3) is 6.43 Å². The third-order valence-corrected chi connectivity index (χ3v) is 2.40. The van der Waals surface area contributed by atoms with Crippen molar-refractivity contribution < 1.29 is 22.8 Å². The Hall–Kier alpha value is -1.12. The summed E-state index contributed by atoms with van der Waals surface area (Å²) in [7, 11) is 0. The summed E-state index contributed by atoms with van der Waals surface area (Å²) in [6.07, 6.45) is -2.17. The van der Waals surface area contributed by atoms with Crippen molar-refractivity contribution in [2.75, 3.05) is 19.8 Å². The first-order valence-electron chi connectivity index (χ1n) is 6.40. The molecule has 1 aromatic heterocycles. The molecular formula is C12H21F2N3O3. The number of hydrogen-bond donors (Lipinski definition) is 1. The summed E-state index contributed by atoms with van der Waals surface area (Å²) in [5.41, 5.74) is 5.19. The van der Waals surface area contributed by atoms with E-state index in [0.717, 1.165) is 0 Å². The number of alkyl halides is 2. The lowest BCUT2D eigenvalue weighted by Crippen LogP contribution is -2.40. The highest BCUT2D eigenvalue weighted by molar-refractivity contribution is 5.01. The van der Waals surface area contributed by atoms with Gasteiger partial charge in [-0.25, -0.2) is 8.78 Å². The lowest BCUT2D eigenvalue weighted by atomic mass is 10.1. The van der Waals surface area contributed by atoms with E-state index in [1.807, 2.05) is 13.8 Å². The van der Waals surface area contributed by atoms with Gasteiger partial charge < -0.3 is 19.7 Å². The van der Waals surface area contributed by atoms with Gasteiger partial charge in [-0.05, 0) is 20.8 Å². The molecule has 0 saturated heterocycles. The molecule has 0 radical (unpaired) electrons. The van der Waals surface area contributed by atoms with Gasteiger partial charge in [-0.1, -0.05) is 5.16 Å². The highest BCUT2D eigenvalue weighted by atomic mass is 19.3. The normalized spacial score (nSPS) is 15.0. The van der Waals surface area contributed by atoms with Crippen LogP contribution >= 0.6 is 0 Å². The fraction of sp³-hybridized carbons (Fsp3) is 0.833. The van der Waals surface area contributed by atoms with E-state index in [1.54, 1.807) is 6.92 Å². The first-order valence-corrected chi connectivity index (χ1v) is 6.40. The van der Waals surface area contributed by atoms with Gasteiger partial charge in [-0.2, -0.15) is 4.98 Å². The van der Waals surface area contributed by atoms with Crippen molar-refractivity contribution in [2.45, 2.75) is 45.3 Å². The zero-order valence-electron chi connectivity index (χ0n) is 11.9. The Kier molecular flexibility index (Phi) is 6.44. The molecule has 0 aliphatic heterocycles. The van der Waals surface area contributed by atoms with Crippen molar-refractivity contribution in [2.24, 2.45) is 5.73 Å². The highest BCUT2D eigenvalue weighted by Crippen LogP contribution is 2.15. The molecule has 0 spiro atoms. The van der Waals surface area contributed by atoms with E-state index in [-0.39, 0.29) is 25.7 Å². The first kappa shape index (κ1) is 16.9. The Morgan fingerprint density at radius 3 is 2.70 bits per heavy atom. The van der Waals surface area contributed by atoms with E-state index in [0.29, 0.717) is 11.7 Å². The molecule has 0 saturated carbocycles. The van der Waals surface area contributed by atoms with E-state index in [1.165, 1.54) is 0 Å². The van der Waals surface area contributed by atoms with E-state index in [9.17, 15) is 8.78 Å². The van der Waals surface area contributed by atoms with Gasteiger partial charge in [0.1, 0.15) is 12.1 Å². The molecule has 0 aromatic carbocycles. The summed E-state index contributed by atoms with van der Waals surface area (Å²) >= 11 is 0. The number of ether oxygens (including phenoxy) is 2. The summed E-state index contributed by atoms with van der Waals surface area (Å²) in [6, 6.07) is 0. The second kappa shape index (κ2) is 7.61. The molecule has 2 N–H and O–H groups in total. The van der Waals surface area contributed by atoms with Crippen LogP contribution < -0.4 is 5.73 Å². The minimum atomic E-state index is -2.48. The first-order chi connectivity index (χ1) is 9.31. The van der Waals surface area contributed by atoms with Gasteiger partial charge in [0, 0.05) is 0 Å². The topological polar surface area (TPSA) is 83.4 Å². The van der Waals surface area contributed by atoms with Gasteiger partial charge in [0.2, 0.25) is 5.89 Å². The zero-order valence-corrected chi connectivity index (χ0v) is 11.9. The molecule has 0 fully saturated rings. The van der Waals surface area contributed by atoms with Crippen LogP contribution in [0.3, 0.4) is 0 Å². The fourth-order valence-corrected chi connectivity index (χ4v) is 1.32. The van der Waals surface area contributed by atoms with Crippen molar-refractivity contribution in [1.29, 1.82) is 0 Å². The third kappa shape index (κ3) is 5.89. The maximum atomic E-state index is 11.9. The zero-order chi connectivity index (χ0) is 15.2. The average molecular weight is 293 g/mol. The molecule has 1 rings (SSSR count). The second-order valence-corrected chi connectivity index (χ2v) is 5.00. The maximum absolute atomic E-state index is 11.9. The van der Waals surface area contributed by atoms with Crippen LogP contribution in [0.2, 0.25) is 0 Å². The molecule has 1 unspecified atom stereocenters. The number of rotatable bonds is 9. The minimum Gasteiger partial charge on any atom is -0.376 e. The summed E-state index contributed by atoms with van der Waals surface area (Å²) < 4.78 is 38.9. The molecule has 0 amide bonds. The Morgan fingerprint density at radius 1 is 1.40 bits per heavy atom. The lowest BCUT2D eigenvalue weighted by molar-refractivity contribution is 0.0171. The minimum absolute atomic E-state index is 0.0481. The van der Waals surface area contributed by atoms with Gasteiger partial charge in [0.05, 0.1) is 25.7 Å². The smallest absolute Gasteiger partial charge is 0.261 e. The molecule has 20 heavy (non-hydrogen) atoms. The second-order valence-electron chi connectivity index (χ2n) is 5.00. The summed E-state index contributed by atoms with van der Waals surface area (Å²) in [5.74, 6) is 0.623. The Morgan fingerprint density at radius 2 is 2.10 bits per heavy atom. The third-order valence-electron chi connectivity index (χ3n) is 2.40. The SMILES string of the molecule is CC(C)OCC(C)(N)c1noc(CCOCC(F)F)n1. The van der Waals surface area contributed by atoms with Crippen LogP contribution in [0.5, 0.6) is 0 Å². The number of nitrogens with two attached hydrogens (primary N) is 1. The lowest BCUT2D eigenvalue weighted by Gasteiger charge is -2.21. The van der Waals surface area contributed by atoms with E-state index >= 15 is 0 Å². The Bertz CT molecular complexity index is 397. The van der Waals surface area contributed by atoms with Crippen molar-refractivity contribution in [1.82, 2.24) is 10.1 Å². The largest absolute Gasteiger partial charge is 0.376 e. The van der Waals surface area contributed by atoms with Crippen molar-refractivity contribution >= 4 is 0 Å². The summed E-state index contributed by atoms with van der Waals surface area (Å²) in [6.45, 7) is 5.28. The molecule has 8 heteroatoms. The molecule has 116 valence electrons. The summed E-state index contributed by atoms with van der Waals surface area (Å²) in [4.78, 5) is 4.13. The standard InChI is InChI=1S/C12H21F2N3O3/c1-8(2)19-7-12(3,15)11-16-10(20-17-11)4-5-18-6-9(13)14/h8-9H,4-7,15H2,1-3H3. The van der Waals surface area contributed by atoms with Crippen LogP contribution in [-0.4, -0.2) is 42.5 Å². The predicted octanol–water partition coefficient (Wildman–Crippen LogP) is 1.49. The number of nitrogens with zero attached hydrogens (tertiary/aromatic N) is 2. The van der Waals surface area contributed by atoms with Crippen LogP contribution in [0.25, 0.3) is 0 Å². The molecular weight excluding hydrogens is 272 g/mol. The van der Waals surface area contributed by atoms with E-state index in [4.69, 9.17) is 19.7 Å². The van der Waals surface area contributed by atoms with Crippen LogP contribution in [0.15, 0.2) is 4.52 Å². The number of halogens is 2. The van der Waals surface area contributed by atoms with Gasteiger partial charge in [-0.3, -0.25) is 0 Å². The van der Waals surface area contributed by atoms with Gasteiger partial charge in [0.15, 0.2) is 5.82 Å². The van der Waals surface area contributed by atoms with Crippen LogP contribution in [-0.2, 0) is 21.4 Å². The van der Waals surface area contributed by atoms with E-state index < -0.39 is 18.6 Å². The highest BCUT2D eigenvalue weighted by Gasteiger charge is 2.28. The van der Waals surface area contributed by atoms with Crippen molar-refractivity contribution in [3.63, 3.8) is 0 Å². The molecule has 6 nitrogen and oxygen atoms in total. The van der Waals surface area contributed by atoms with Crippen LogP contribution in [0, 0.1) is 0 Å². The quantitative estimate of drug-likeness (QED) is 0.695. The van der Waals surface area contributed by atoms with E-state index in [2.05, 4.69) is 10.1 Å². The Labute approximate surface area is 116 Å². The average Bonchev–Trinajstić information content (AvgIpc) is 2.81. The molecule has 0 aliphatic rings. The number of hydrogen-bond acceptors (Lipinski definition) is 6. The summed E-state index contributed by atoms with van der Waals surface area (Å²) in [5, 5.41) is 3.78. The van der Waals surface area contributed by atoms with Crippen LogP contribution in [0.4, 0.5) is 8.78 Å². The molecule has 1 atom stereocenters. The Balaban J connectivity index is 2.45. The number of aromatic nitrogens is 2. The molecule has 0 bridgehead atoms. The van der Waals surface area contributed by atoms with Gasteiger partial charge in [-0.15, -0.1) is 0 Å². The van der Waals surface area contributed by atoms with Crippen molar-refractivity contribution in [3.8, 4) is 0 Å². The predicted molar refractivity (Wildman–Crippen MR) is 67.5 cm³/mol. The van der Waals surface area contributed by atoms with Crippen LogP contribution in [0.1, 0.15) is 32.5 Å². The molecule has 0 aliphatic carbocycles. The molecule has 1 heterocycles. The molecule has 1 aromatic rings. The monoisotopic (exact) mass is 293 g/mol. The fourth-order valence-electron chi connectivity index (χ4n) is 1.32. The van der Waals surface area contributed by atoms with Crippen molar-refractivity contribution in [3.05, 3.63) is 11.7 Å².